The van der Waals surface area contributed by atoms with Crippen LogP contribution >= 0.6 is 0 Å². The van der Waals surface area contributed by atoms with Crippen LogP contribution < -0.4 is 4.72 Å². The summed E-state index contributed by atoms with van der Waals surface area (Å²) in [6.07, 6.45) is 0.813. The predicted octanol–water partition coefficient (Wildman–Crippen LogP) is 2.83. The highest BCUT2D eigenvalue weighted by Gasteiger charge is 2.30. The molecule has 1 aliphatic carbocycles. The Balaban J connectivity index is 1.84. The van der Waals surface area contributed by atoms with Crippen molar-refractivity contribution in [1.29, 1.82) is 0 Å². The van der Waals surface area contributed by atoms with Gasteiger partial charge in [0.1, 0.15) is 0 Å². The normalized spacial score (nSPS) is 16.3. The maximum atomic E-state index is 12.6. The summed E-state index contributed by atoms with van der Waals surface area (Å²) in [5.41, 5.74) is 3.36. The third kappa shape index (κ3) is 2.92. The zero-order valence-corrected chi connectivity index (χ0v) is 14.3. The summed E-state index contributed by atoms with van der Waals surface area (Å²) in [5.74, 6) is 0.113. The first-order valence-corrected chi connectivity index (χ1v) is 9.11. The first-order valence-electron chi connectivity index (χ1n) is 7.62. The Kier molecular flexibility index (Phi) is 4.15. The van der Waals surface area contributed by atoms with Gasteiger partial charge in [-0.15, -0.1) is 0 Å². The van der Waals surface area contributed by atoms with Gasteiger partial charge in [0, 0.05) is 18.5 Å². The summed E-state index contributed by atoms with van der Waals surface area (Å²) >= 11 is 0. The number of nitrogens with zero attached hydrogens (tertiary/aromatic N) is 1. The maximum absolute atomic E-state index is 12.6. The highest BCUT2D eigenvalue weighted by molar-refractivity contribution is 7.89. The van der Waals surface area contributed by atoms with E-state index in [0.717, 1.165) is 12.0 Å². The van der Waals surface area contributed by atoms with Crippen LogP contribution in [0.5, 0.6) is 0 Å². The van der Waals surface area contributed by atoms with Crippen molar-refractivity contribution >= 4 is 15.7 Å². The van der Waals surface area contributed by atoms with Crippen LogP contribution in [0.2, 0.25) is 0 Å². The molecule has 126 valence electrons. The third-order valence-corrected chi connectivity index (χ3v) is 6.00. The smallest absolute Gasteiger partial charge is 0.258 e. The van der Waals surface area contributed by atoms with E-state index < -0.39 is 14.9 Å². The van der Waals surface area contributed by atoms with E-state index in [9.17, 15) is 18.5 Å². The SMILES string of the molecule is Cc1cc([N+](=O)[O-])c(S(=O)(=O)NC[C@@H]2Cc3ccccc32)cc1C. The van der Waals surface area contributed by atoms with Gasteiger partial charge in [0.15, 0.2) is 4.90 Å². The number of aryl methyl sites for hydroxylation is 2. The van der Waals surface area contributed by atoms with Crippen LogP contribution in [0.25, 0.3) is 0 Å². The zero-order valence-electron chi connectivity index (χ0n) is 13.4. The number of hydrogen-bond donors (Lipinski definition) is 1. The fourth-order valence-electron chi connectivity index (χ4n) is 2.97. The van der Waals surface area contributed by atoms with Crippen LogP contribution in [0, 0.1) is 24.0 Å². The number of sulfonamides is 1. The van der Waals surface area contributed by atoms with Crippen LogP contribution in [-0.4, -0.2) is 19.9 Å². The minimum atomic E-state index is -3.94. The van der Waals surface area contributed by atoms with Crippen molar-refractivity contribution < 1.29 is 13.3 Å². The summed E-state index contributed by atoms with van der Waals surface area (Å²) in [4.78, 5) is 10.3. The number of hydrogen-bond acceptors (Lipinski definition) is 4. The molecule has 2 aromatic carbocycles. The topological polar surface area (TPSA) is 89.3 Å². The van der Waals surface area contributed by atoms with Gasteiger partial charge >= 0.3 is 0 Å². The molecule has 1 atom stereocenters. The number of benzene rings is 2. The molecule has 1 aliphatic rings. The molecule has 0 aromatic heterocycles. The number of nitrogens with one attached hydrogen (secondary N) is 1. The second kappa shape index (κ2) is 5.99. The molecule has 1 N–H and O–H groups in total. The fraction of sp³-hybridized carbons (Fsp3) is 0.294. The summed E-state index contributed by atoms with van der Waals surface area (Å²) in [6, 6.07) is 10.6. The molecule has 0 saturated heterocycles. The lowest BCUT2D eigenvalue weighted by atomic mass is 9.78. The lowest BCUT2D eigenvalue weighted by Gasteiger charge is -2.30. The molecule has 6 nitrogen and oxygen atoms in total. The van der Waals surface area contributed by atoms with Gasteiger partial charge in [-0.05, 0) is 48.6 Å². The van der Waals surface area contributed by atoms with Crippen molar-refractivity contribution in [3.63, 3.8) is 0 Å². The molecule has 0 spiro atoms. The Morgan fingerprint density at radius 3 is 2.54 bits per heavy atom. The van der Waals surface area contributed by atoms with Crippen LogP contribution in [0.4, 0.5) is 5.69 Å². The largest absolute Gasteiger partial charge is 0.289 e. The van der Waals surface area contributed by atoms with Gasteiger partial charge < -0.3 is 0 Å². The van der Waals surface area contributed by atoms with Crippen molar-refractivity contribution in [2.75, 3.05) is 6.54 Å². The Labute approximate surface area is 140 Å². The molecular weight excluding hydrogens is 328 g/mol. The van der Waals surface area contributed by atoms with Crippen LogP contribution in [0.15, 0.2) is 41.3 Å². The van der Waals surface area contributed by atoms with E-state index in [1.807, 2.05) is 24.3 Å². The zero-order chi connectivity index (χ0) is 17.5. The van der Waals surface area contributed by atoms with Gasteiger partial charge in [0.25, 0.3) is 5.69 Å². The standard InChI is InChI=1S/C17H18N2O4S/c1-11-7-16(19(20)21)17(8-12(11)2)24(22,23)18-10-14-9-13-5-3-4-6-15(13)14/h3-8,14,18H,9-10H2,1-2H3/t14-/m0/s1. The lowest BCUT2D eigenvalue weighted by molar-refractivity contribution is -0.387. The summed E-state index contributed by atoms with van der Waals surface area (Å²) < 4.78 is 27.7. The molecule has 0 radical (unpaired) electrons. The van der Waals surface area contributed by atoms with Crippen molar-refractivity contribution in [2.45, 2.75) is 31.1 Å². The Bertz CT molecular complexity index is 922. The van der Waals surface area contributed by atoms with Gasteiger partial charge in [0.2, 0.25) is 10.0 Å². The third-order valence-electron chi connectivity index (χ3n) is 4.54. The number of rotatable bonds is 5. The second-order valence-electron chi connectivity index (χ2n) is 6.11. The molecule has 24 heavy (non-hydrogen) atoms. The number of nitro benzene ring substituents is 1. The molecule has 0 saturated carbocycles. The average molecular weight is 346 g/mol. The highest BCUT2D eigenvalue weighted by atomic mass is 32.2. The van der Waals surface area contributed by atoms with Gasteiger partial charge in [0.05, 0.1) is 4.92 Å². The van der Waals surface area contributed by atoms with E-state index in [4.69, 9.17) is 0 Å². The predicted molar refractivity (Wildman–Crippen MR) is 90.6 cm³/mol. The Morgan fingerprint density at radius 2 is 1.88 bits per heavy atom. The van der Waals surface area contributed by atoms with Crippen molar-refractivity contribution in [2.24, 2.45) is 0 Å². The monoisotopic (exact) mass is 346 g/mol. The van der Waals surface area contributed by atoms with Crippen LogP contribution in [-0.2, 0) is 16.4 Å². The van der Waals surface area contributed by atoms with E-state index >= 15 is 0 Å². The van der Waals surface area contributed by atoms with E-state index in [-0.39, 0.29) is 23.0 Å². The minimum absolute atomic E-state index is 0.113. The van der Waals surface area contributed by atoms with E-state index in [2.05, 4.69) is 4.72 Å². The lowest BCUT2D eigenvalue weighted by Crippen LogP contribution is -2.33. The second-order valence-corrected chi connectivity index (χ2v) is 7.85. The van der Waals surface area contributed by atoms with Gasteiger partial charge in [-0.2, -0.15) is 0 Å². The molecule has 0 aliphatic heterocycles. The molecule has 0 fully saturated rings. The maximum Gasteiger partial charge on any atom is 0.289 e. The molecule has 7 heteroatoms. The van der Waals surface area contributed by atoms with Crippen LogP contribution in [0.3, 0.4) is 0 Å². The average Bonchev–Trinajstić information content (AvgIpc) is 2.50. The number of nitro groups is 1. The molecule has 0 bridgehead atoms. The Hall–Kier alpha value is -2.25. The van der Waals surface area contributed by atoms with Gasteiger partial charge in [-0.1, -0.05) is 24.3 Å². The van der Waals surface area contributed by atoms with Gasteiger partial charge in [-0.25, -0.2) is 13.1 Å². The quantitative estimate of drug-likeness (QED) is 0.666. The van der Waals surface area contributed by atoms with Crippen molar-refractivity contribution in [3.05, 3.63) is 68.8 Å². The molecule has 0 amide bonds. The molecule has 3 rings (SSSR count). The van der Waals surface area contributed by atoms with Crippen molar-refractivity contribution in [1.82, 2.24) is 4.72 Å². The minimum Gasteiger partial charge on any atom is -0.258 e. The summed E-state index contributed by atoms with van der Waals surface area (Å²) in [5, 5.41) is 11.2. The molecule has 0 unspecified atom stereocenters. The number of fused-ring (bicyclic) bond motifs is 1. The van der Waals surface area contributed by atoms with E-state index in [0.29, 0.717) is 11.1 Å². The van der Waals surface area contributed by atoms with Crippen LogP contribution in [0.1, 0.15) is 28.2 Å². The van der Waals surface area contributed by atoms with Crippen molar-refractivity contribution in [3.8, 4) is 0 Å². The first kappa shape index (κ1) is 16.6. The first-order chi connectivity index (χ1) is 11.3. The fourth-order valence-corrected chi connectivity index (χ4v) is 4.28. The molecule has 2 aromatic rings. The van der Waals surface area contributed by atoms with E-state index in [1.165, 1.54) is 17.7 Å². The summed E-state index contributed by atoms with van der Waals surface area (Å²) in [6.45, 7) is 3.70. The summed E-state index contributed by atoms with van der Waals surface area (Å²) in [7, 11) is -3.94. The van der Waals surface area contributed by atoms with E-state index in [1.54, 1.807) is 13.8 Å². The highest BCUT2D eigenvalue weighted by Crippen LogP contribution is 2.34. The van der Waals surface area contributed by atoms with Gasteiger partial charge in [-0.3, -0.25) is 10.1 Å². The molecule has 0 heterocycles. The Morgan fingerprint density at radius 1 is 1.21 bits per heavy atom. The molecular formula is C17H18N2O4S.